The molecule has 0 unspecified atom stereocenters. The van der Waals surface area contributed by atoms with E-state index in [1.807, 2.05) is 84.3 Å². The van der Waals surface area contributed by atoms with Gasteiger partial charge in [-0.15, -0.1) is 10.2 Å². The zero-order chi connectivity index (χ0) is 17.2. The number of benzene rings is 2. The van der Waals surface area contributed by atoms with Crippen LogP contribution in [-0.2, 0) is 0 Å². The van der Waals surface area contributed by atoms with Gasteiger partial charge in [0.05, 0.1) is 5.69 Å². The third-order valence-corrected chi connectivity index (χ3v) is 4.37. The van der Waals surface area contributed by atoms with E-state index in [1.54, 1.807) is 0 Å². The van der Waals surface area contributed by atoms with Crippen molar-refractivity contribution in [3.63, 3.8) is 0 Å². The van der Waals surface area contributed by atoms with Crippen molar-refractivity contribution < 1.29 is 0 Å². The largest absolute Gasteiger partial charge is 0.283 e. The molecule has 2 aromatic carbocycles. The first kappa shape index (κ1) is 15.5. The quantitative estimate of drug-likeness (QED) is 0.397. The number of pyridine rings is 1. The number of imidazole rings is 1. The summed E-state index contributed by atoms with van der Waals surface area (Å²) in [6.07, 6.45) is 1.94. The summed E-state index contributed by atoms with van der Waals surface area (Å²) in [4.78, 5) is 4.71. The fraction of sp³-hybridized carbons (Fsp3) is 0.0500. The monoisotopic (exact) mass is 346 g/mol. The highest BCUT2D eigenvalue weighted by Crippen LogP contribution is 2.32. The van der Waals surface area contributed by atoms with Gasteiger partial charge in [-0.05, 0) is 36.8 Å². The molecule has 0 fully saturated rings. The Balaban J connectivity index is 1.85. The summed E-state index contributed by atoms with van der Waals surface area (Å²) in [6, 6.07) is 21.5. The first-order valence-corrected chi connectivity index (χ1v) is 8.30. The molecular weight excluding hydrogens is 332 g/mol. The number of rotatable bonds is 3. The smallest absolute Gasteiger partial charge is 0.187 e. The summed E-state index contributed by atoms with van der Waals surface area (Å²) in [7, 11) is 0. The molecule has 0 amide bonds. The van der Waals surface area contributed by atoms with Crippen molar-refractivity contribution >= 4 is 28.8 Å². The van der Waals surface area contributed by atoms with Gasteiger partial charge in [-0.2, -0.15) is 0 Å². The Morgan fingerprint density at radius 3 is 2.52 bits per heavy atom. The fourth-order valence-electron chi connectivity index (χ4n) is 2.62. The molecule has 0 N–H and O–H groups in total. The van der Waals surface area contributed by atoms with Crippen LogP contribution < -0.4 is 0 Å². The zero-order valence-corrected chi connectivity index (χ0v) is 14.4. The molecule has 0 aliphatic rings. The van der Waals surface area contributed by atoms with Gasteiger partial charge in [0.1, 0.15) is 11.3 Å². The van der Waals surface area contributed by atoms with E-state index in [0.717, 1.165) is 22.5 Å². The summed E-state index contributed by atoms with van der Waals surface area (Å²) in [5.74, 6) is 0.693. The van der Waals surface area contributed by atoms with Crippen molar-refractivity contribution in [2.75, 3.05) is 0 Å². The maximum absolute atomic E-state index is 6.18. The fourth-order valence-corrected chi connectivity index (χ4v) is 2.79. The van der Waals surface area contributed by atoms with Crippen LogP contribution in [0.15, 0.2) is 83.2 Å². The number of fused-ring (bicyclic) bond motifs is 1. The Labute approximate surface area is 150 Å². The number of halogens is 1. The summed E-state index contributed by atoms with van der Waals surface area (Å²) in [6.45, 7) is 1.96. The van der Waals surface area contributed by atoms with Crippen molar-refractivity contribution in [3.05, 3.63) is 83.5 Å². The Kier molecular flexibility index (Phi) is 4.04. The number of nitrogens with zero attached hydrogens (tertiary/aromatic N) is 4. The number of azo groups is 1. The average Bonchev–Trinajstić information content (AvgIpc) is 3.02. The van der Waals surface area contributed by atoms with E-state index in [-0.39, 0.29) is 0 Å². The maximum atomic E-state index is 6.18. The van der Waals surface area contributed by atoms with Gasteiger partial charge in [-0.3, -0.25) is 4.40 Å². The average molecular weight is 347 g/mol. The highest BCUT2D eigenvalue weighted by Gasteiger charge is 2.13. The van der Waals surface area contributed by atoms with E-state index >= 15 is 0 Å². The van der Waals surface area contributed by atoms with Crippen molar-refractivity contribution in [3.8, 4) is 11.3 Å². The normalized spacial score (nSPS) is 11.4. The van der Waals surface area contributed by atoms with Crippen LogP contribution in [0.4, 0.5) is 11.5 Å². The maximum Gasteiger partial charge on any atom is 0.187 e. The van der Waals surface area contributed by atoms with Crippen LogP contribution in [0.1, 0.15) is 5.56 Å². The predicted octanol–water partition coefficient (Wildman–Crippen LogP) is 6.38. The van der Waals surface area contributed by atoms with Gasteiger partial charge >= 0.3 is 0 Å². The van der Waals surface area contributed by atoms with Gasteiger partial charge in [-0.1, -0.05) is 54.1 Å². The molecule has 4 nitrogen and oxygen atoms in total. The Morgan fingerprint density at radius 1 is 0.920 bits per heavy atom. The standard InChI is InChI=1S/C20H15ClN4/c1-14-10-11-16(13-17(14)21)23-24-20-19(15-7-3-2-4-8-15)22-18-9-5-6-12-25(18)20/h2-13H,1H3. The molecule has 0 saturated carbocycles. The topological polar surface area (TPSA) is 42.0 Å². The second-order valence-electron chi connectivity index (χ2n) is 5.71. The lowest BCUT2D eigenvalue weighted by atomic mass is 10.1. The van der Waals surface area contributed by atoms with Crippen molar-refractivity contribution in [2.24, 2.45) is 10.2 Å². The van der Waals surface area contributed by atoms with Crippen LogP contribution in [0.5, 0.6) is 0 Å². The lowest BCUT2D eigenvalue weighted by molar-refractivity contribution is 1.10. The van der Waals surface area contributed by atoms with Gasteiger partial charge in [0, 0.05) is 16.8 Å². The van der Waals surface area contributed by atoms with Crippen molar-refractivity contribution in [1.82, 2.24) is 9.38 Å². The molecular formula is C20H15ClN4. The van der Waals surface area contributed by atoms with Gasteiger partial charge in [-0.25, -0.2) is 4.98 Å². The third kappa shape index (κ3) is 3.04. The first-order chi connectivity index (χ1) is 12.2. The molecule has 0 saturated heterocycles. The van der Waals surface area contributed by atoms with E-state index in [1.165, 1.54) is 0 Å². The molecule has 0 spiro atoms. The minimum Gasteiger partial charge on any atom is -0.283 e. The molecule has 0 bridgehead atoms. The molecule has 0 aliphatic carbocycles. The van der Waals surface area contributed by atoms with Gasteiger partial charge in [0.25, 0.3) is 0 Å². The Morgan fingerprint density at radius 2 is 1.72 bits per heavy atom. The molecule has 2 heterocycles. The van der Waals surface area contributed by atoms with Crippen molar-refractivity contribution in [2.45, 2.75) is 6.92 Å². The lowest BCUT2D eigenvalue weighted by Gasteiger charge is -2.00. The number of aryl methyl sites for hydroxylation is 1. The first-order valence-electron chi connectivity index (χ1n) is 7.93. The molecule has 0 atom stereocenters. The van der Waals surface area contributed by atoms with Crippen LogP contribution in [0.25, 0.3) is 16.9 Å². The summed E-state index contributed by atoms with van der Waals surface area (Å²) in [5.41, 5.74) is 4.36. The van der Waals surface area contributed by atoms with Gasteiger partial charge < -0.3 is 0 Å². The minimum atomic E-state index is 0.679. The molecule has 4 aromatic rings. The number of hydrogen-bond acceptors (Lipinski definition) is 3. The second kappa shape index (κ2) is 6.49. The molecule has 2 aromatic heterocycles. The van der Waals surface area contributed by atoms with Crippen LogP contribution in [-0.4, -0.2) is 9.38 Å². The van der Waals surface area contributed by atoms with Crippen LogP contribution in [0.2, 0.25) is 5.02 Å². The number of hydrogen-bond donors (Lipinski definition) is 0. The molecule has 0 radical (unpaired) electrons. The molecule has 122 valence electrons. The van der Waals surface area contributed by atoms with E-state index in [4.69, 9.17) is 16.6 Å². The van der Waals surface area contributed by atoms with Crippen LogP contribution >= 0.6 is 11.6 Å². The van der Waals surface area contributed by atoms with Gasteiger partial charge in [0.2, 0.25) is 0 Å². The van der Waals surface area contributed by atoms with E-state index < -0.39 is 0 Å². The summed E-state index contributed by atoms with van der Waals surface area (Å²) < 4.78 is 1.93. The van der Waals surface area contributed by atoms with E-state index in [2.05, 4.69) is 10.2 Å². The minimum absolute atomic E-state index is 0.679. The van der Waals surface area contributed by atoms with Crippen LogP contribution in [0.3, 0.4) is 0 Å². The summed E-state index contributed by atoms with van der Waals surface area (Å²) >= 11 is 6.18. The van der Waals surface area contributed by atoms with Crippen LogP contribution in [0, 0.1) is 6.92 Å². The van der Waals surface area contributed by atoms with Gasteiger partial charge in [0.15, 0.2) is 5.82 Å². The van der Waals surface area contributed by atoms with Crippen molar-refractivity contribution in [1.29, 1.82) is 0 Å². The molecule has 0 aliphatic heterocycles. The van der Waals surface area contributed by atoms with E-state index in [0.29, 0.717) is 16.5 Å². The second-order valence-corrected chi connectivity index (χ2v) is 6.12. The Bertz CT molecular complexity index is 1070. The highest BCUT2D eigenvalue weighted by molar-refractivity contribution is 6.31. The lowest BCUT2D eigenvalue weighted by Crippen LogP contribution is -1.81. The molecule has 5 heteroatoms. The predicted molar refractivity (Wildman–Crippen MR) is 101 cm³/mol. The SMILES string of the molecule is Cc1ccc(N=Nc2c(-c3ccccc3)nc3ccccn23)cc1Cl. The number of aromatic nitrogens is 2. The molecule has 25 heavy (non-hydrogen) atoms. The summed E-state index contributed by atoms with van der Waals surface area (Å²) in [5, 5.41) is 9.52. The Hall–Kier alpha value is -2.98. The zero-order valence-electron chi connectivity index (χ0n) is 13.6. The van der Waals surface area contributed by atoms with E-state index in [9.17, 15) is 0 Å². The third-order valence-electron chi connectivity index (χ3n) is 3.97. The molecule has 4 rings (SSSR count). The highest BCUT2D eigenvalue weighted by atomic mass is 35.5.